The van der Waals surface area contributed by atoms with Gasteiger partial charge in [-0.15, -0.1) is 0 Å². The molecule has 0 radical (unpaired) electrons. The van der Waals surface area contributed by atoms with Gasteiger partial charge in [0.1, 0.15) is 0 Å². The number of carbonyl (C=O) groups excluding carboxylic acids is 1. The predicted octanol–water partition coefficient (Wildman–Crippen LogP) is 1.65. The molecule has 0 aromatic heterocycles. The van der Waals surface area contributed by atoms with Crippen LogP contribution in [-0.4, -0.2) is 51.0 Å². The van der Waals surface area contributed by atoms with Crippen LogP contribution >= 0.6 is 0 Å². The molecule has 0 saturated heterocycles. The molecule has 2 amide bonds. The number of hydrogen-bond acceptors (Lipinski definition) is 3. The van der Waals surface area contributed by atoms with E-state index in [0.717, 1.165) is 6.42 Å². The number of benzene rings is 1. The summed E-state index contributed by atoms with van der Waals surface area (Å²) in [5, 5.41) is 2.95. The Labute approximate surface area is 138 Å². The van der Waals surface area contributed by atoms with Crippen molar-refractivity contribution in [3.8, 4) is 0 Å². The predicted molar refractivity (Wildman–Crippen MR) is 90.2 cm³/mol. The summed E-state index contributed by atoms with van der Waals surface area (Å²) < 4.78 is 23.0. The van der Waals surface area contributed by atoms with Crippen molar-refractivity contribution in [3.05, 3.63) is 35.4 Å². The fourth-order valence-corrected chi connectivity index (χ4v) is 4.46. The van der Waals surface area contributed by atoms with Crippen molar-refractivity contribution in [3.63, 3.8) is 0 Å². The lowest BCUT2D eigenvalue weighted by atomic mass is 10.0. The molecule has 0 heterocycles. The van der Waals surface area contributed by atoms with Crippen LogP contribution in [-0.2, 0) is 16.3 Å². The van der Waals surface area contributed by atoms with Gasteiger partial charge in [-0.2, -0.15) is 0 Å². The zero-order chi connectivity index (χ0) is 16.6. The highest BCUT2D eigenvalue weighted by Gasteiger charge is 2.55. The number of nitrogens with one attached hydrogen (secondary N) is 1. The number of sulfone groups is 1. The Morgan fingerprint density at radius 2 is 2.09 bits per heavy atom. The van der Waals surface area contributed by atoms with Crippen molar-refractivity contribution in [1.82, 2.24) is 10.2 Å². The highest BCUT2D eigenvalue weighted by molar-refractivity contribution is 7.91. The number of nitrogens with zero attached hydrogens (tertiary/aromatic N) is 1. The quantitative estimate of drug-likeness (QED) is 0.859. The first kappa shape index (κ1) is 16.3. The van der Waals surface area contributed by atoms with Crippen LogP contribution in [0.15, 0.2) is 24.3 Å². The van der Waals surface area contributed by atoms with Gasteiger partial charge in [-0.05, 0) is 35.3 Å². The fraction of sp³-hybridized carbons (Fsp3) is 0.588. The number of rotatable bonds is 6. The van der Waals surface area contributed by atoms with E-state index in [0.29, 0.717) is 24.3 Å². The molecule has 5 nitrogen and oxygen atoms in total. The zero-order valence-electron chi connectivity index (χ0n) is 13.7. The number of amides is 2. The average molecular weight is 336 g/mol. The minimum absolute atomic E-state index is 0.0233. The SMILES string of the molecule is CCS(=O)(=O)CCN(C)C(=O)NC[C@@H]1[C@H]2Cc3ccccc3[C@@H]12. The highest BCUT2D eigenvalue weighted by atomic mass is 32.2. The molecule has 3 atom stereocenters. The van der Waals surface area contributed by atoms with E-state index in [4.69, 9.17) is 0 Å². The van der Waals surface area contributed by atoms with Crippen LogP contribution in [0.4, 0.5) is 4.79 Å². The van der Waals surface area contributed by atoms with E-state index in [1.54, 1.807) is 14.0 Å². The van der Waals surface area contributed by atoms with Gasteiger partial charge in [-0.25, -0.2) is 13.2 Å². The third-order valence-electron chi connectivity index (χ3n) is 5.21. The van der Waals surface area contributed by atoms with E-state index < -0.39 is 9.84 Å². The van der Waals surface area contributed by atoms with Crippen molar-refractivity contribution >= 4 is 15.9 Å². The van der Waals surface area contributed by atoms with Gasteiger partial charge in [0.15, 0.2) is 9.84 Å². The molecule has 1 N–H and O–H groups in total. The van der Waals surface area contributed by atoms with Gasteiger partial charge in [0, 0.05) is 25.9 Å². The van der Waals surface area contributed by atoms with Crippen LogP contribution in [0.3, 0.4) is 0 Å². The highest BCUT2D eigenvalue weighted by Crippen LogP contribution is 2.60. The second-order valence-corrected chi connectivity index (χ2v) is 9.07. The third-order valence-corrected chi connectivity index (χ3v) is 6.90. The largest absolute Gasteiger partial charge is 0.338 e. The summed E-state index contributed by atoms with van der Waals surface area (Å²) >= 11 is 0. The van der Waals surface area contributed by atoms with E-state index in [2.05, 4.69) is 29.6 Å². The summed E-state index contributed by atoms with van der Waals surface area (Å²) in [5.41, 5.74) is 2.89. The van der Waals surface area contributed by atoms with Crippen molar-refractivity contribution < 1.29 is 13.2 Å². The molecule has 1 aromatic carbocycles. The summed E-state index contributed by atoms with van der Waals surface area (Å²) in [4.78, 5) is 13.5. The van der Waals surface area contributed by atoms with Gasteiger partial charge in [0.2, 0.25) is 0 Å². The summed E-state index contributed by atoms with van der Waals surface area (Å²) in [6.07, 6.45) is 1.12. The first-order valence-electron chi connectivity index (χ1n) is 8.20. The van der Waals surface area contributed by atoms with Crippen molar-refractivity contribution in [2.75, 3.05) is 31.6 Å². The van der Waals surface area contributed by atoms with Crippen LogP contribution in [0, 0.1) is 11.8 Å². The molecular weight excluding hydrogens is 312 g/mol. The Morgan fingerprint density at radius 1 is 1.35 bits per heavy atom. The van der Waals surface area contributed by atoms with Crippen LogP contribution in [0.1, 0.15) is 24.0 Å². The number of carbonyl (C=O) groups is 1. The van der Waals surface area contributed by atoms with Crippen molar-refractivity contribution in [2.45, 2.75) is 19.3 Å². The van der Waals surface area contributed by atoms with Gasteiger partial charge in [0.05, 0.1) is 5.75 Å². The lowest BCUT2D eigenvalue weighted by Crippen LogP contribution is -2.40. The summed E-state index contributed by atoms with van der Waals surface area (Å²) in [7, 11) is -1.39. The number of fused-ring (bicyclic) bond motifs is 3. The molecule has 1 saturated carbocycles. The van der Waals surface area contributed by atoms with Gasteiger partial charge in [0.25, 0.3) is 0 Å². The van der Waals surface area contributed by atoms with E-state index in [1.807, 2.05) is 0 Å². The Kier molecular flexibility index (Phi) is 4.36. The summed E-state index contributed by atoms with van der Waals surface area (Å²) in [6, 6.07) is 8.37. The molecule has 0 unspecified atom stereocenters. The minimum atomic E-state index is -3.03. The van der Waals surface area contributed by atoms with E-state index in [9.17, 15) is 13.2 Å². The molecule has 2 aliphatic carbocycles. The molecule has 3 rings (SSSR count). The molecule has 1 aromatic rings. The Hall–Kier alpha value is -1.56. The fourth-order valence-electron chi connectivity index (χ4n) is 3.62. The second kappa shape index (κ2) is 6.15. The van der Waals surface area contributed by atoms with E-state index in [1.165, 1.54) is 16.0 Å². The molecule has 2 aliphatic rings. The number of hydrogen-bond donors (Lipinski definition) is 1. The Balaban J connectivity index is 1.45. The smallest absolute Gasteiger partial charge is 0.317 e. The van der Waals surface area contributed by atoms with Crippen molar-refractivity contribution in [1.29, 1.82) is 0 Å². The van der Waals surface area contributed by atoms with Gasteiger partial charge in [-0.1, -0.05) is 31.2 Å². The zero-order valence-corrected chi connectivity index (χ0v) is 14.5. The van der Waals surface area contributed by atoms with Gasteiger partial charge in [-0.3, -0.25) is 0 Å². The topological polar surface area (TPSA) is 66.5 Å². The van der Waals surface area contributed by atoms with Crippen LogP contribution < -0.4 is 5.32 Å². The molecular formula is C17H24N2O3S. The van der Waals surface area contributed by atoms with Crippen LogP contribution in [0.25, 0.3) is 0 Å². The van der Waals surface area contributed by atoms with Gasteiger partial charge >= 0.3 is 6.03 Å². The molecule has 23 heavy (non-hydrogen) atoms. The normalized spacial score (nSPS) is 24.7. The molecule has 1 fully saturated rings. The minimum Gasteiger partial charge on any atom is -0.338 e. The molecule has 0 spiro atoms. The molecule has 0 aliphatic heterocycles. The van der Waals surface area contributed by atoms with E-state index in [-0.39, 0.29) is 24.1 Å². The maximum Gasteiger partial charge on any atom is 0.317 e. The first-order valence-corrected chi connectivity index (χ1v) is 10.0. The summed E-state index contributed by atoms with van der Waals surface area (Å²) in [5.74, 6) is 1.93. The lowest BCUT2D eigenvalue weighted by Gasteiger charge is -2.18. The Bertz CT molecular complexity index is 702. The standard InChI is InChI=1S/C17H24N2O3S/c1-3-23(21,22)9-8-19(2)17(20)18-11-15-14-10-12-6-4-5-7-13(12)16(14)15/h4-7,14-16H,3,8-11H2,1-2H3,(H,18,20)/t14-,15-,16-/m1/s1. The second-order valence-electron chi connectivity index (χ2n) is 6.60. The first-order chi connectivity index (χ1) is 10.9. The third kappa shape index (κ3) is 3.37. The monoisotopic (exact) mass is 336 g/mol. The lowest BCUT2D eigenvalue weighted by molar-refractivity contribution is 0.210. The molecule has 126 valence electrons. The Morgan fingerprint density at radius 3 is 2.83 bits per heavy atom. The molecule has 0 bridgehead atoms. The van der Waals surface area contributed by atoms with Gasteiger partial charge < -0.3 is 10.2 Å². The van der Waals surface area contributed by atoms with Crippen LogP contribution in [0.5, 0.6) is 0 Å². The average Bonchev–Trinajstić information content (AvgIpc) is 3.08. The van der Waals surface area contributed by atoms with E-state index >= 15 is 0 Å². The number of urea groups is 1. The molecule has 6 heteroatoms. The van der Waals surface area contributed by atoms with Crippen LogP contribution in [0.2, 0.25) is 0 Å². The maximum atomic E-state index is 12.1. The summed E-state index contributed by atoms with van der Waals surface area (Å²) in [6.45, 7) is 2.54. The maximum absolute atomic E-state index is 12.1. The van der Waals surface area contributed by atoms with Crippen molar-refractivity contribution in [2.24, 2.45) is 11.8 Å².